The van der Waals surface area contributed by atoms with Gasteiger partial charge in [0.25, 0.3) is 0 Å². The van der Waals surface area contributed by atoms with Crippen molar-refractivity contribution < 1.29 is 9.53 Å². The first-order valence-corrected chi connectivity index (χ1v) is 9.05. The molecule has 0 aliphatic rings. The lowest BCUT2D eigenvalue weighted by atomic mass is 10.2. The molecule has 2 aromatic rings. The Hall–Kier alpha value is -2.31. The maximum absolute atomic E-state index is 11.1. The second-order valence-electron chi connectivity index (χ2n) is 5.70. The Balaban J connectivity index is 1.69. The molecule has 0 radical (unpaired) electrons. The first kappa shape index (κ1) is 20.0. The molecule has 1 amide bonds. The minimum Gasteiger partial charge on any atom is -0.493 e. The van der Waals surface area contributed by atoms with Crippen molar-refractivity contribution in [1.82, 2.24) is 5.32 Å². The number of rotatable bonds is 7. The molecule has 0 aliphatic heterocycles. The third-order valence-electron chi connectivity index (χ3n) is 3.55. The van der Waals surface area contributed by atoms with E-state index in [1.807, 2.05) is 43.3 Å². The average molecular weight is 392 g/mol. The highest BCUT2D eigenvalue weighted by Gasteiger charge is 2.04. The number of hydrogen-bond acceptors (Lipinski definition) is 3. The third kappa shape index (κ3) is 6.54. The predicted molar refractivity (Wildman–Crippen MR) is 111 cm³/mol. The molecule has 3 N–H and O–H groups in total. The summed E-state index contributed by atoms with van der Waals surface area (Å²) in [7, 11) is 0. The van der Waals surface area contributed by atoms with E-state index in [1.165, 1.54) is 6.92 Å². The van der Waals surface area contributed by atoms with Crippen LogP contribution in [0.3, 0.4) is 0 Å². The van der Waals surface area contributed by atoms with E-state index in [0.717, 1.165) is 23.4 Å². The Bertz CT molecular complexity index is 783. The second-order valence-corrected chi connectivity index (χ2v) is 6.52. The summed E-state index contributed by atoms with van der Waals surface area (Å²) in [6.45, 7) is 4.63. The van der Waals surface area contributed by atoms with Gasteiger partial charge in [-0.25, -0.2) is 0 Å². The van der Waals surface area contributed by atoms with Gasteiger partial charge < -0.3 is 20.7 Å². The Kier molecular flexibility index (Phi) is 7.69. The highest BCUT2D eigenvalue weighted by Crippen LogP contribution is 2.22. The van der Waals surface area contributed by atoms with Gasteiger partial charge in [0.1, 0.15) is 5.75 Å². The molecule has 2 aromatic carbocycles. The molecule has 0 atom stereocenters. The molecule has 0 spiro atoms. The largest absolute Gasteiger partial charge is 0.493 e. The van der Waals surface area contributed by atoms with Crippen molar-refractivity contribution in [1.29, 1.82) is 0 Å². The van der Waals surface area contributed by atoms with Crippen LogP contribution < -0.4 is 20.7 Å². The standard InChI is InChI=1S/C19H22ClN3O2S/c1-13-17(20)8-4-9-18(13)23-19(26)21-10-5-11-25-16-7-3-6-15(12-16)22-14(2)24/h3-4,6-9,12H,5,10-11H2,1-2H3,(H,22,24)(H2,21,23,26). The highest BCUT2D eigenvalue weighted by molar-refractivity contribution is 7.80. The van der Waals surface area contributed by atoms with Crippen LogP contribution in [0.5, 0.6) is 5.75 Å². The van der Waals surface area contributed by atoms with Crippen LogP contribution in [0.2, 0.25) is 5.02 Å². The molecular weight excluding hydrogens is 370 g/mol. The number of amides is 1. The zero-order valence-electron chi connectivity index (χ0n) is 14.8. The van der Waals surface area contributed by atoms with Crippen molar-refractivity contribution in [3.8, 4) is 5.75 Å². The van der Waals surface area contributed by atoms with Gasteiger partial charge in [0, 0.05) is 35.9 Å². The van der Waals surface area contributed by atoms with Crippen molar-refractivity contribution in [3.63, 3.8) is 0 Å². The first-order chi connectivity index (χ1) is 12.5. The van der Waals surface area contributed by atoms with Crippen molar-refractivity contribution >= 4 is 46.2 Å². The molecule has 0 aromatic heterocycles. The Morgan fingerprint density at radius 2 is 1.96 bits per heavy atom. The molecule has 0 bridgehead atoms. The third-order valence-corrected chi connectivity index (χ3v) is 4.20. The molecule has 26 heavy (non-hydrogen) atoms. The number of nitrogens with one attached hydrogen (secondary N) is 3. The van der Waals surface area contributed by atoms with Crippen molar-refractivity contribution in [2.24, 2.45) is 0 Å². The first-order valence-electron chi connectivity index (χ1n) is 8.26. The van der Waals surface area contributed by atoms with E-state index >= 15 is 0 Å². The Morgan fingerprint density at radius 1 is 1.19 bits per heavy atom. The smallest absolute Gasteiger partial charge is 0.221 e. The fraction of sp³-hybridized carbons (Fsp3) is 0.263. The zero-order valence-corrected chi connectivity index (χ0v) is 16.3. The van der Waals surface area contributed by atoms with Crippen LogP contribution in [0, 0.1) is 6.92 Å². The molecular formula is C19H22ClN3O2S. The second kappa shape index (κ2) is 9.99. The molecule has 0 aliphatic carbocycles. The van der Waals surface area contributed by atoms with Gasteiger partial charge in [0.15, 0.2) is 5.11 Å². The molecule has 0 saturated heterocycles. The van der Waals surface area contributed by atoms with E-state index in [4.69, 9.17) is 28.6 Å². The van der Waals surface area contributed by atoms with E-state index in [-0.39, 0.29) is 5.91 Å². The fourth-order valence-electron chi connectivity index (χ4n) is 2.24. The molecule has 138 valence electrons. The summed E-state index contributed by atoms with van der Waals surface area (Å²) in [5.41, 5.74) is 2.57. The number of carbonyl (C=O) groups is 1. The van der Waals surface area contributed by atoms with Crippen LogP contribution in [-0.4, -0.2) is 24.2 Å². The molecule has 5 nitrogen and oxygen atoms in total. The van der Waals surface area contributed by atoms with Crippen LogP contribution >= 0.6 is 23.8 Å². The van der Waals surface area contributed by atoms with Crippen LogP contribution in [-0.2, 0) is 4.79 Å². The van der Waals surface area contributed by atoms with Crippen molar-refractivity contribution in [2.45, 2.75) is 20.3 Å². The van der Waals surface area contributed by atoms with E-state index in [0.29, 0.717) is 29.0 Å². The Morgan fingerprint density at radius 3 is 2.73 bits per heavy atom. The number of anilines is 2. The molecule has 0 saturated carbocycles. The number of benzene rings is 2. The van der Waals surface area contributed by atoms with Gasteiger partial charge in [0.05, 0.1) is 6.61 Å². The SMILES string of the molecule is CC(=O)Nc1cccc(OCCCNC(=S)Nc2cccc(Cl)c2C)c1. The molecule has 0 fully saturated rings. The van der Waals surface area contributed by atoms with Gasteiger partial charge in [-0.15, -0.1) is 0 Å². The monoisotopic (exact) mass is 391 g/mol. The maximum atomic E-state index is 11.1. The molecule has 0 unspecified atom stereocenters. The van der Waals surface area contributed by atoms with Gasteiger partial charge in [-0.05, 0) is 55.4 Å². The quantitative estimate of drug-likeness (QED) is 0.483. The van der Waals surface area contributed by atoms with Gasteiger partial charge in [0.2, 0.25) is 5.91 Å². The van der Waals surface area contributed by atoms with E-state index in [2.05, 4.69) is 16.0 Å². The maximum Gasteiger partial charge on any atom is 0.221 e. The zero-order chi connectivity index (χ0) is 18.9. The van der Waals surface area contributed by atoms with Crippen LogP contribution in [0.25, 0.3) is 0 Å². The van der Waals surface area contributed by atoms with Crippen molar-refractivity contribution in [2.75, 3.05) is 23.8 Å². The van der Waals surface area contributed by atoms with Crippen LogP contribution in [0.4, 0.5) is 11.4 Å². The highest BCUT2D eigenvalue weighted by atomic mass is 35.5. The minimum atomic E-state index is -0.109. The normalized spacial score (nSPS) is 10.1. The van der Waals surface area contributed by atoms with E-state index < -0.39 is 0 Å². The lowest BCUT2D eigenvalue weighted by molar-refractivity contribution is -0.114. The molecule has 7 heteroatoms. The summed E-state index contributed by atoms with van der Waals surface area (Å²) < 4.78 is 5.69. The summed E-state index contributed by atoms with van der Waals surface area (Å²) in [4.78, 5) is 11.1. The van der Waals surface area contributed by atoms with E-state index in [9.17, 15) is 4.79 Å². The van der Waals surface area contributed by atoms with Gasteiger partial charge in [-0.3, -0.25) is 4.79 Å². The lowest BCUT2D eigenvalue weighted by Gasteiger charge is -2.13. The Labute approximate surface area is 164 Å². The molecule has 2 rings (SSSR count). The predicted octanol–water partition coefficient (Wildman–Crippen LogP) is 4.36. The fourth-order valence-corrected chi connectivity index (χ4v) is 2.63. The number of ether oxygens (including phenoxy) is 1. The number of halogens is 1. The number of thiocarbonyl (C=S) groups is 1. The van der Waals surface area contributed by atoms with Gasteiger partial charge in [-0.1, -0.05) is 23.7 Å². The lowest BCUT2D eigenvalue weighted by Crippen LogP contribution is -2.30. The van der Waals surface area contributed by atoms with E-state index in [1.54, 1.807) is 6.07 Å². The average Bonchev–Trinajstić information content (AvgIpc) is 2.58. The summed E-state index contributed by atoms with van der Waals surface area (Å²) >= 11 is 11.4. The van der Waals surface area contributed by atoms with Gasteiger partial charge in [-0.2, -0.15) is 0 Å². The summed E-state index contributed by atoms with van der Waals surface area (Å²) in [5.74, 6) is 0.605. The topological polar surface area (TPSA) is 62.4 Å². The number of hydrogen-bond donors (Lipinski definition) is 3. The summed E-state index contributed by atoms with van der Waals surface area (Å²) in [6, 6.07) is 13.0. The minimum absolute atomic E-state index is 0.109. The number of carbonyl (C=O) groups excluding carboxylic acids is 1. The summed E-state index contributed by atoms with van der Waals surface area (Å²) in [5, 5.41) is 10.3. The van der Waals surface area contributed by atoms with Crippen LogP contribution in [0.15, 0.2) is 42.5 Å². The summed E-state index contributed by atoms with van der Waals surface area (Å²) in [6.07, 6.45) is 0.778. The van der Waals surface area contributed by atoms with Crippen LogP contribution in [0.1, 0.15) is 18.9 Å². The van der Waals surface area contributed by atoms with Gasteiger partial charge >= 0.3 is 0 Å². The molecule has 0 heterocycles. The van der Waals surface area contributed by atoms with Crippen molar-refractivity contribution in [3.05, 3.63) is 53.1 Å².